The molecule has 2 saturated heterocycles. The lowest BCUT2D eigenvalue weighted by molar-refractivity contribution is -0.153. The Labute approximate surface area is 590 Å². The molecular formula is C72H102ClF3N12O12. The molecule has 0 aromatic heterocycles. The summed E-state index contributed by atoms with van der Waals surface area (Å²) in [6.07, 6.45) is -4.06. The third kappa shape index (κ3) is 22.7. The standard InChI is InChI=1S/C72H102ClF3N12O12/c1-16-46(6)63-71(100)82(10)42-61(91)80(8)43-62(92)84(12)57(39-50-26-31-52(73)32-27-50)68(97)81(9)41-59(89)77-53(33-28-48-24-29-51(30-25-48)72(74,75)76)66(95)86(14)56(37-45(4)5)69(98)87(15)58(38-49-22-18-17-19-23-49)70(99)85(13)55(36-44(2)3)65(94)78-54(67(96)88-34-20-21-35-88)40-60(90)83(11)47(7)64(93)79-63/h17-19,22-27,29-32,44-47,53-58,63H,16,20-21,28,33-43H2,1-15H3,(H,77,89)(H,78,94)(H,79,93)/t46-,47-,53-,54?,55-,56-,57-,58-,63-/m0/s1. The van der Waals surface area contributed by atoms with Crippen molar-refractivity contribution in [2.45, 2.75) is 167 Å². The van der Waals surface area contributed by atoms with E-state index in [2.05, 4.69) is 16.0 Å². The van der Waals surface area contributed by atoms with E-state index in [1.54, 1.807) is 68.4 Å². The number of benzene rings is 3. The first kappa shape index (κ1) is 82.1. The number of nitrogens with one attached hydrogen (secondary N) is 3. The third-order valence-electron chi connectivity index (χ3n) is 18.9. The summed E-state index contributed by atoms with van der Waals surface area (Å²) in [5.41, 5.74) is 0.605. The zero-order valence-corrected chi connectivity index (χ0v) is 61.2. The first-order valence-electron chi connectivity index (χ1n) is 34.1. The average molecular weight is 1420 g/mol. The maximum absolute atomic E-state index is 15.6. The first-order chi connectivity index (χ1) is 46.9. The Bertz CT molecular complexity index is 3360. The number of carbonyl (C=O) groups excluding carboxylic acids is 12. The molecule has 3 aromatic carbocycles. The minimum absolute atomic E-state index is 0.00693. The lowest BCUT2D eigenvalue weighted by Gasteiger charge is -2.39. The summed E-state index contributed by atoms with van der Waals surface area (Å²) in [4.78, 5) is 187. The summed E-state index contributed by atoms with van der Waals surface area (Å²) < 4.78 is 41.2. The van der Waals surface area contributed by atoms with Gasteiger partial charge in [-0.3, -0.25) is 57.5 Å². The van der Waals surface area contributed by atoms with Gasteiger partial charge in [0.25, 0.3) is 0 Å². The molecule has 2 aliphatic heterocycles. The number of carbonyl (C=O) groups is 12. The number of likely N-dealkylation sites (tertiary alicyclic amines) is 1. The molecule has 100 heavy (non-hydrogen) atoms. The maximum Gasteiger partial charge on any atom is 0.416 e. The van der Waals surface area contributed by atoms with Crippen LogP contribution in [0.2, 0.25) is 5.02 Å². The summed E-state index contributed by atoms with van der Waals surface area (Å²) in [6.45, 7) is 11.0. The van der Waals surface area contributed by atoms with E-state index in [1.165, 1.54) is 90.1 Å². The van der Waals surface area contributed by atoms with Crippen LogP contribution >= 0.6 is 11.6 Å². The number of nitrogens with zero attached hydrogens (tertiary/aromatic N) is 9. The zero-order chi connectivity index (χ0) is 74.8. The van der Waals surface area contributed by atoms with Gasteiger partial charge in [-0.25, -0.2) is 0 Å². The average Bonchev–Trinajstić information content (AvgIpc) is 0.835. The van der Waals surface area contributed by atoms with E-state index in [9.17, 15) is 51.5 Å². The predicted molar refractivity (Wildman–Crippen MR) is 371 cm³/mol. The Balaban J connectivity index is 1.66. The highest BCUT2D eigenvalue weighted by atomic mass is 35.5. The van der Waals surface area contributed by atoms with E-state index in [1.807, 2.05) is 27.7 Å². The van der Waals surface area contributed by atoms with Gasteiger partial charge in [0.1, 0.15) is 48.3 Å². The van der Waals surface area contributed by atoms with Gasteiger partial charge in [0.05, 0.1) is 31.6 Å². The Hall–Kier alpha value is -8.62. The Morgan fingerprint density at radius 2 is 1.03 bits per heavy atom. The molecule has 3 N–H and O–H groups in total. The fraction of sp³-hybridized carbons (Fsp3) is 0.583. The molecule has 2 aliphatic rings. The van der Waals surface area contributed by atoms with Crippen LogP contribution in [0, 0.1) is 17.8 Å². The number of amides is 12. The number of rotatable bonds is 14. The van der Waals surface area contributed by atoms with Crippen LogP contribution in [0.5, 0.6) is 0 Å². The van der Waals surface area contributed by atoms with Crippen molar-refractivity contribution in [1.82, 2.24) is 60.0 Å². The summed E-state index contributed by atoms with van der Waals surface area (Å²) in [5, 5.41) is 8.67. The van der Waals surface area contributed by atoms with Gasteiger partial charge in [0.2, 0.25) is 70.9 Å². The van der Waals surface area contributed by atoms with Crippen molar-refractivity contribution in [2.24, 2.45) is 17.8 Å². The van der Waals surface area contributed by atoms with Gasteiger partial charge in [0.15, 0.2) is 0 Å². The zero-order valence-electron chi connectivity index (χ0n) is 60.4. The minimum atomic E-state index is -4.65. The fourth-order valence-electron chi connectivity index (χ4n) is 12.1. The van der Waals surface area contributed by atoms with E-state index in [0.717, 1.165) is 41.5 Å². The van der Waals surface area contributed by atoms with Gasteiger partial charge in [-0.1, -0.05) is 114 Å². The molecule has 1 unspecified atom stereocenters. The van der Waals surface area contributed by atoms with Crippen LogP contribution in [-0.4, -0.2) is 252 Å². The van der Waals surface area contributed by atoms with E-state index in [-0.39, 0.29) is 50.4 Å². The van der Waals surface area contributed by atoms with Crippen LogP contribution in [0.1, 0.15) is 116 Å². The van der Waals surface area contributed by atoms with Crippen LogP contribution in [0.15, 0.2) is 78.9 Å². The second-order valence-corrected chi connectivity index (χ2v) is 28.0. The van der Waals surface area contributed by atoms with E-state index in [0.29, 0.717) is 54.1 Å². The molecule has 3 aromatic rings. The number of alkyl halides is 3. The molecule has 550 valence electrons. The van der Waals surface area contributed by atoms with Gasteiger partial charge in [-0.2, -0.15) is 13.2 Å². The highest BCUT2D eigenvalue weighted by Crippen LogP contribution is 2.30. The number of hydrogen-bond acceptors (Lipinski definition) is 12. The number of hydrogen-bond donors (Lipinski definition) is 3. The third-order valence-corrected chi connectivity index (χ3v) is 19.2. The summed E-state index contributed by atoms with van der Waals surface area (Å²) in [7, 11) is 10.8. The van der Waals surface area contributed by atoms with Crippen LogP contribution in [0.3, 0.4) is 0 Å². The largest absolute Gasteiger partial charge is 0.416 e. The number of aryl methyl sites for hydroxylation is 1. The van der Waals surface area contributed by atoms with Crippen molar-refractivity contribution in [2.75, 3.05) is 89.1 Å². The second-order valence-electron chi connectivity index (χ2n) is 27.5. The first-order valence-corrected chi connectivity index (χ1v) is 34.4. The molecular weight excluding hydrogens is 1320 g/mol. The molecule has 2 heterocycles. The molecule has 5 rings (SSSR count). The predicted octanol–water partition coefficient (Wildman–Crippen LogP) is 4.93. The summed E-state index contributed by atoms with van der Waals surface area (Å²) in [6, 6.07) is 8.60. The quantitative estimate of drug-likeness (QED) is 0.194. The molecule has 0 bridgehead atoms. The molecule has 28 heteroatoms. The normalized spacial score (nSPS) is 23.6. The van der Waals surface area contributed by atoms with Gasteiger partial charge < -0.3 is 60.0 Å². The van der Waals surface area contributed by atoms with Crippen molar-refractivity contribution >= 4 is 82.5 Å². The molecule has 2 fully saturated rings. The number of halogens is 4. The van der Waals surface area contributed by atoms with E-state index >= 15 is 19.2 Å². The second kappa shape index (κ2) is 37.2. The fourth-order valence-corrected chi connectivity index (χ4v) is 12.2. The monoisotopic (exact) mass is 1420 g/mol. The van der Waals surface area contributed by atoms with Crippen molar-refractivity contribution < 1.29 is 70.7 Å². The van der Waals surface area contributed by atoms with Crippen molar-refractivity contribution in [3.8, 4) is 0 Å². The molecule has 24 nitrogen and oxygen atoms in total. The van der Waals surface area contributed by atoms with Crippen LogP contribution in [-0.2, 0) is 83.0 Å². The van der Waals surface area contributed by atoms with Gasteiger partial charge in [-0.05, 0) is 104 Å². The van der Waals surface area contributed by atoms with Crippen LogP contribution < -0.4 is 16.0 Å². The molecule has 9 atom stereocenters. The molecule has 0 saturated carbocycles. The lowest BCUT2D eigenvalue weighted by Crippen LogP contribution is -2.61. The molecule has 12 amide bonds. The number of likely N-dealkylation sites (N-methyl/N-ethyl adjacent to an activating group) is 8. The Morgan fingerprint density at radius 1 is 0.530 bits per heavy atom. The van der Waals surface area contributed by atoms with Gasteiger partial charge in [-0.15, -0.1) is 0 Å². The molecule has 0 spiro atoms. The Kier molecular flexibility index (Phi) is 30.5. The van der Waals surface area contributed by atoms with Gasteiger partial charge >= 0.3 is 6.18 Å². The Morgan fingerprint density at radius 3 is 1.59 bits per heavy atom. The van der Waals surface area contributed by atoms with E-state index in [4.69, 9.17) is 11.6 Å². The summed E-state index contributed by atoms with van der Waals surface area (Å²) in [5.74, 6) is -9.92. The van der Waals surface area contributed by atoms with E-state index < -0.39 is 163 Å². The summed E-state index contributed by atoms with van der Waals surface area (Å²) >= 11 is 6.23. The van der Waals surface area contributed by atoms with Crippen molar-refractivity contribution in [1.29, 1.82) is 0 Å². The molecule has 0 aliphatic carbocycles. The highest BCUT2D eigenvalue weighted by Gasteiger charge is 2.43. The lowest BCUT2D eigenvalue weighted by atomic mass is 9.96. The van der Waals surface area contributed by atoms with Crippen molar-refractivity contribution in [3.63, 3.8) is 0 Å². The van der Waals surface area contributed by atoms with Crippen LogP contribution in [0.25, 0.3) is 0 Å². The topological polar surface area (TPSA) is 270 Å². The van der Waals surface area contributed by atoms with Crippen LogP contribution in [0.4, 0.5) is 13.2 Å². The maximum atomic E-state index is 15.6. The van der Waals surface area contributed by atoms with Crippen molar-refractivity contribution in [3.05, 3.63) is 106 Å². The smallest absolute Gasteiger partial charge is 0.343 e. The highest BCUT2D eigenvalue weighted by molar-refractivity contribution is 6.30. The molecule has 0 radical (unpaired) electrons. The van der Waals surface area contributed by atoms with Gasteiger partial charge in [0, 0.05) is 87.3 Å². The minimum Gasteiger partial charge on any atom is -0.343 e. The SMILES string of the molecule is CC[C@H](C)[C@@H]1NC(=O)[C@H](C)N(C)C(=O)CC(C(=O)N2CCCC2)NC(=O)[C@H](CC(C)C)N(C)C(=O)[C@H](Cc2ccccc2)N(C)C(=O)[C@H](CC(C)C)N(C)C(=O)[C@H](CCc2ccc(C(F)(F)F)cc2)NC(=O)CN(C)C(=O)[C@H](Cc2ccc(Cl)cc2)N(C)C(=O)CN(C)C(=O)CN(C)C1=O.